The minimum atomic E-state index is -0.359. The van der Waals surface area contributed by atoms with Gasteiger partial charge in [-0.15, -0.1) is 0 Å². The van der Waals surface area contributed by atoms with Gasteiger partial charge in [0.1, 0.15) is 5.82 Å². The first kappa shape index (κ1) is 13.5. The molecule has 18 heavy (non-hydrogen) atoms. The molecule has 0 aromatic heterocycles. The van der Waals surface area contributed by atoms with Crippen LogP contribution in [0.4, 0.5) is 4.39 Å². The number of amides is 1. The van der Waals surface area contributed by atoms with Gasteiger partial charge in [0.25, 0.3) is 5.91 Å². The largest absolute Gasteiger partial charge is 0.372 e. The molecule has 0 aliphatic carbocycles. The smallest absolute Gasteiger partial charge is 0.255 e. The van der Waals surface area contributed by atoms with Gasteiger partial charge in [-0.3, -0.25) is 4.79 Å². The van der Waals surface area contributed by atoms with Gasteiger partial charge in [0.2, 0.25) is 0 Å². The Morgan fingerprint density at radius 2 is 2.00 bits per heavy atom. The van der Waals surface area contributed by atoms with E-state index in [-0.39, 0.29) is 23.9 Å². The van der Waals surface area contributed by atoms with Crippen LogP contribution in [0.15, 0.2) is 22.7 Å². The highest BCUT2D eigenvalue weighted by atomic mass is 79.9. The molecule has 0 radical (unpaired) electrons. The molecule has 1 aromatic carbocycles. The van der Waals surface area contributed by atoms with Gasteiger partial charge >= 0.3 is 0 Å². The fourth-order valence-corrected chi connectivity index (χ4v) is 2.70. The van der Waals surface area contributed by atoms with Crippen molar-refractivity contribution in [3.05, 3.63) is 34.1 Å². The lowest BCUT2D eigenvalue weighted by Crippen LogP contribution is -2.48. The first-order valence-electron chi connectivity index (χ1n) is 5.87. The predicted octanol–water partition coefficient (Wildman–Crippen LogP) is 2.84. The number of benzene rings is 1. The van der Waals surface area contributed by atoms with Crippen LogP contribution in [-0.2, 0) is 4.74 Å². The Kier molecular flexibility index (Phi) is 4.02. The molecule has 1 aliphatic heterocycles. The molecule has 0 unspecified atom stereocenters. The monoisotopic (exact) mass is 315 g/mol. The third-order valence-electron chi connectivity index (χ3n) is 2.87. The summed E-state index contributed by atoms with van der Waals surface area (Å²) in [6.07, 6.45) is 0.0499. The predicted molar refractivity (Wildman–Crippen MR) is 70.0 cm³/mol. The normalized spacial score (nSPS) is 24.1. The Bertz CT molecular complexity index is 456. The van der Waals surface area contributed by atoms with Crippen LogP contribution >= 0.6 is 15.9 Å². The molecule has 5 heteroatoms. The molecule has 1 amide bonds. The Morgan fingerprint density at radius 3 is 2.56 bits per heavy atom. The van der Waals surface area contributed by atoms with E-state index in [1.54, 1.807) is 4.90 Å². The molecule has 2 rings (SSSR count). The third kappa shape index (κ3) is 2.90. The molecule has 2 atom stereocenters. The highest BCUT2D eigenvalue weighted by Gasteiger charge is 2.27. The van der Waals surface area contributed by atoms with Crippen LogP contribution in [0.1, 0.15) is 24.2 Å². The van der Waals surface area contributed by atoms with Crippen molar-refractivity contribution >= 4 is 21.8 Å². The standard InChI is InChI=1S/C13H15BrFNO2/c1-8-6-16(7-9(2)18-8)13(17)11-4-3-10(15)5-12(11)14/h3-5,8-9H,6-7H2,1-2H3/t8-,9+. The first-order valence-corrected chi connectivity index (χ1v) is 6.66. The molecule has 0 bridgehead atoms. The number of rotatable bonds is 1. The highest BCUT2D eigenvalue weighted by Crippen LogP contribution is 2.21. The summed E-state index contributed by atoms with van der Waals surface area (Å²) in [4.78, 5) is 14.1. The second-order valence-electron chi connectivity index (χ2n) is 4.59. The van der Waals surface area contributed by atoms with Crippen LogP contribution in [0.2, 0.25) is 0 Å². The number of carbonyl (C=O) groups excluding carboxylic acids is 1. The molecule has 0 saturated carbocycles. The quantitative estimate of drug-likeness (QED) is 0.797. The van der Waals surface area contributed by atoms with Gasteiger partial charge < -0.3 is 9.64 Å². The second kappa shape index (κ2) is 5.36. The van der Waals surface area contributed by atoms with E-state index in [1.165, 1.54) is 18.2 Å². The van der Waals surface area contributed by atoms with Gasteiger partial charge in [-0.2, -0.15) is 0 Å². The SMILES string of the molecule is C[C@@H]1CN(C(=O)c2ccc(F)cc2Br)C[C@H](C)O1. The van der Waals surface area contributed by atoms with Gasteiger partial charge in [0, 0.05) is 17.6 Å². The number of hydrogen-bond donors (Lipinski definition) is 0. The summed E-state index contributed by atoms with van der Waals surface area (Å²) in [7, 11) is 0. The lowest BCUT2D eigenvalue weighted by Gasteiger charge is -2.35. The Morgan fingerprint density at radius 1 is 1.39 bits per heavy atom. The molecule has 0 spiro atoms. The number of halogens is 2. The summed E-state index contributed by atoms with van der Waals surface area (Å²) in [6, 6.07) is 4.11. The summed E-state index contributed by atoms with van der Waals surface area (Å²) in [5.41, 5.74) is 0.484. The van der Waals surface area contributed by atoms with Crippen molar-refractivity contribution < 1.29 is 13.9 Å². The Hall–Kier alpha value is -0.940. The average Bonchev–Trinajstić information content (AvgIpc) is 2.26. The molecule has 1 aliphatic rings. The number of hydrogen-bond acceptors (Lipinski definition) is 2. The topological polar surface area (TPSA) is 29.5 Å². The third-order valence-corrected chi connectivity index (χ3v) is 3.52. The van der Waals surface area contributed by atoms with Crippen LogP contribution in [-0.4, -0.2) is 36.1 Å². The summed E-state index contributed by atoms with van der Waals surface area (Å²) in [5.74, 6) is -0.453. The fraction of sp³-hybridized carbons (Fsp3) is 0.462. The highest BCUT2D eigenvalue weighted by molar-refractivity contribution is 9.10. The second-order valence-corrected chi connectivity index (χ2v) is 5.45. The van der Waals surface area contributed by atoms with Crippen molar-refractivity contribution in [3.8, 4) is 0 Å². The van der Waals surface area contributed by atoms with Crippen molar-refractivity contribution in [2.75, 3.05) is 13.1 Å². The van der Waals surface area contributed by atoms with Gasteiger partial charge in [-0.1, -0.05) is 0 Å². The Labute approximate surface area is 114 Å². The van der Waals surface area contributed by atoms with E-state index in [9.17, 15) is 9.18 Å². The Balaban J connectivity index is 2.20. The van der Waals surface area contributed by atoms with Crippen LogP contribution in [0, 0.1) is 5.82 Å². The number of carbonyl (C=O) groups is 1. The fourth-order valence-electron chi connectivity index (χ4n) is 2.18. The number of ether oxygens (including phenoxy) is 1. The molecular formula is C13H15BrFNO2. The minimum absolute atomic E-state index is 0.0249. The van der Waals surface area contributed by atoms with Crippen LogP contribution in [0.5, 0.6) is 0 Å². The van der Waals surface area contributed by atoms with E-state index in [4.69, 9.17) is 4.74 Å². The maximum Gasteiger partial charge on any atom is 0.255 e. The van der Waals surface area contributed by atoms with Gasteiger partial charge in [0.15, 0.2) is 0 Å². The zero-order chi connectivity index (χ0) is 13.3. The van der Waals surface area contributed by atoms with Crippen molar-refractivity contribution in [2.24, 2.45) is 0 Å². The van der Waals surface area contributed by atoms with E-state index in [0.29, 0.717) is 23.1 Å². The van der Waals surface area contributed by atoms with Crippen LogP contribution in [0.3, 0.4) is 0 Å². The zero-order valence-electron chi connectivity index (χ0n) is 10.3. The zero-order valence-corrected chi connectivity index (χ0v) is 11.9. The van der Waals surface area contributed by atoms with Gasteiger partial charge in [0.05, 0.1) is 17.8 Å². The van der Waals surface area contributed by atoms with Crippen molar-refractivity contribution in [1.29, 1.82) is 0 Å². The minimum Gasteiger partial charge on any atom is -0.372 e. The molecule has 1 fully saturated rings. The van der Waals surface area contributed by atoms with E-state index in [0.717, 1.165) is 0 Å². The first-order chi connectivity index (χ1) is 8.47. The maximum atomic E-state index is 13.0. The maximum absolute atomic E-state index is 13.0. The summed E-state index contributed by atoms with van der Waals surface area (Å²) in [5, 5.41) is 0. The lowest BCUT2D eigenvalue weighted by atomic mass is 10.1. The van der Waals surface area contributed by atoms with Crippen molar-refractivity contribution in [1.82, 2.24) is 4.90 Å². The molecule has 1 saturated heterocycles. The van der Waals surface area contributed by atoms with Crippen molar-refractivity contribution in [2.45, 2.75) is 26.1 Å². The lowest BCUT2D eigenvalue weighted by molar-refractivity contribution is -0.0586. The van der Waals surface area contributed by atoms with Gasteiger partial charge in [-0.05, 0) is 48.0 Å². The van der Waals surface area contributed by atoms with E-state index in [1.807, 2.05) is 13.8 Å². The molecule has 3 nitrogen and oxygen atoms in total. The summed E-state index contributed by atoms with van der Waals surface area (Å²) in [6.45, 7) is 5.01. The van der Waals surface area contributed by atoms with Gasteiger partial charge in [-0.25, -0.2) is 4.39 Å². The van der Waals surface area contributed by atoms with Crippen LogP contribution in [0.25, 0.3) is 0 Å². The number of morpholine rings is 1. The summed E-state index contributed by atoms with van der Waals surface area (Å²) < 4.78 is 19.1. The molecular weight excluding hydrogens is 301 g/mol. The average molecular weight is 316 g/mol. The van der Waals surface area contributed by atoms with Crippen molar-refractivity contribution in [3.63, 3.8) is 0 Å². The van der Waals surface area contributed by atoms with E-state index < -0.39 is 0 Å². The summed E-state index contributed by atoms with van der Waals surface area (Å²) >= 11 is 3.23. The van der Waals surface area contributed by atoms with E-state index in [2.05, 4.69) is 15.9 Å². The molecule has 0 N–H and O–H groups in total. The number of nitrogens with zero attached hydrogens (tertiary/aromatic N) is 1. The molecule has 1 aromatic rings. The molecule has 1 heterocycles. The van der Waals surface area contributed by atoms with E-state index >= 15 is 0 Å². The molecule has 98 valence electrons. The van der Waals surface area contributed by atoms with Crippen LogP contribution < -0.4 is 0 Å².